The van der Waals surface area contributed by atoms with Crippen molar-refractivity contribution in [1.29, 1.82) is 0 Å². The van der Waals surface area contributed by atoms with Gasteiger partial charge >= 0.3 is 0 Å². The van der Waals surface area contributed by atoms with E-state index in [0.717, 1.165) is 32.1 Å². The van der Waals surface area contributed by atoms with E-state index in [1.807, 2.05) is 6.92 Å². The molecule has 0 aromatic heterocycles. The third kappa shape index (κ3) is 10.3. The lowest BCUT2D eigenvalue weighted by atomic mass is 9.47. The van der Waals surface area contributed by atoms with Crippen molar-refractivity contribution in [2.75, 3.05) is 26.4 Å². The van der Waals surface area contributed by atoms with E-state index in [4.69, 9.17) is 42.6 Å². The largest absolute Gasteiger partial charge is 0.394 e. The predicted octanol–water partition coefficient (Wildman–Crippen LogP) is -3.01. The Morgan fingerprint density at radius 1 is 0.649 bits per heavy atom. The number of aliphatic hydroxyl groups is 14. The molecular weight excluding hydrogens is 981 g/mol. The van der Waals surface area contributed by atoms with E-state index in [9.17, 15) is 71.5 Å². The number of rotatable bonds is 15. The van der Waals surface area contributed by atoms with Crippen LogP contribution >= 0.6 is 0 Å². The van der Waals surface area contributed by atoms with E-state index < -0.39 is 155 Å². The summed E-state index contributed by atoms with van der Waals surface area (Å²) in [6, 6.07) is 0. The summed E-state index contributed by atoms with van der Waals surface area (Å²) in [5.74, 6) is -0.167. The SMILES string of the molecule is C[C@H](CC[C@]1(O)O[C@H]2C[C@H]3[C@@H]4CC=C5C[C@@H](O[C@@H]6O[C@H](CO[C@@H]7O[C@H](CO)[C@@H](O)[C@H](O)[C@H]7O[C@@H]7O[C@@H](C)[C@H](O)[C@@H](O)[C@H]7O)[C@@H](O)[C@H](O)[C@H]6O)CC[C@]5(C)[C@H]4CC[C@]3(C)[C@H]2[C@@H]1C)CO[C@@H]1O[C@H](CO)[C@@H](O)[C@H](O)[C@H]1O. The fraction of sp³-hybridized carbons (Fsp3) is 0.961. The average molecular weight is 1070 g/mol. The summed E-state index contributed by atoms with van der Waals surface area (Å²) >= 11 is 0. The average Bonchev–Trinajstić information content (AvgIpc) is 3.82. The molecule has 74 heavy (non-hydrogen) atoms. The number of aliphatic hydroxyl groups excluding tert-OH is 13. The van der Waals surface area contributed by atoms with Crippen molar-refractivity contribution in [3.05, 3.63) is 11.6 Å². The molecule has 9 rings (SSSR count). The minimum absolute atomic E-state index is 0.0482. The van der Waals surface area contributed by atoms with Gasteiger partial charge in [-0.3, -0.25) is 0 Å². The number of hydrogen-bond acceptors (Lipinski definition) is 23. The van der Waals surface area contributed by atoms with Gasteiger partial charge < -0.3 is 114 Å². The fourth-order valence-corrected chi connectivity index (χ4v) is 14.9. The maximum atomic E-state index is 12.1. The van der Waals surface area contributed by atoms with E-state index in [-0.39, 0.29) is 41.3 Å². The molecule has 14 N–H and O–H groups in total. The molecule has 5 saturated heterocycles. The zero-order chi connectivity index (χ0) is 53.5. The fourth-order valence-electron chi connectivity index (χ4n) is 14.9. The number of fused-ring (bicyclic) bond motifs is 7. The summed E-state index contributed by atoms with van der Waals surface area (Å²) < 4.78 is 53.4. The normalized spacial score (nSPS) is 54.9. The van der Waals surface area contributed by atoms with Crippen molar-refractivity contribution in [1.82, 2.24) is 0 Å². The molecule has 8 fully saturated rings. The Balaban J connectivity index is 0.792. The standard InChI is InChI=1S/C51H84O23/c1-20(18-66-45-41(62)38(59)34(55)29(16-52)70-45)8-13-51(65)21(2)32-28(74-51)15-27-25-7-6-23-14-24(9-11-49(23,4)26(25)10-12-50(27,32)5)69-47-43(64)39(60)36(57)31(72-47)19-67-48-44(40(61)35(56)30(17-53)71-48)73-46-42(63)37(58)33(54)22(3)68-46/h6,20-22,24-48,52-65H,7-19H2,1-5H3/t20-,21+,22+,24+,25-,26+,27+,28+,29-,30-,31-,32+,33+,34-,35-,36-,37-,38+,39+,40+,41-,42-,43-,44-,45-,46+,47-,48-,49+,50+,51+/m1/s1. The minimum Gasteiger partial charge on any atom is -0.394 e. The van der Waals surface area contributed by atoms with E-state index in [2.05, 4.69) is 26.8 Å². The predicted molar refractivity (Wildman–Crippen MR) is 250 cm³/mol. The highest BCUT2D eigenvalue weighted by Crippen LogP contribution is 2.70. The molecule has 5 heterocycles. The maximum absolute atomic E-state index is 12.1. The highest BCUT2D eigenvalue weighted by Gasteiger charge is 2.68. The van der Waals surface area contributed by atoms with Gasteiger partial charge in [0.05, 0.1) is 44.7 Å². The molecule has 0 unspecified atom stereocenters. The summed E-state index contributed by atoms with van der Waals surface area (Å²) in [4.78, 5) is 0. The Morgan fingerprint density at radius 2 is 1.24 bits per heavy atom. The van der Waals surface area contributed by atoms with Crippen molar-refractivity contribution in [3.8, 4) is 0 Å². The topological polar surface area (TPSA) is 366 Å². The zero-order valence-electron chi connectivity index (χ0n) is 42.9. The second kappa shape index (κ2) is 22.4. The van der Waals surface area contributed by atoms with Crippen molar-refractivity contribution in [3.63, 3.8) is 0 Å². The van der Waals surface area contributed by atoms with Crippen LogP contribution < -0.4 is 0 Å². The van der Waals surface area contributed by atoms with E-state index in [1.165, 1.54) is 12.5 Å². The smallest absolute Gasteiger partial charge is 0.187 e. The van der Waals surface area contributed by atoms with E-state index in [0.29, 0.717) is 43.4 Å². The molecule has 4 aliphatic carbocycles. The molecule has 23 heteroatoms. The van der Waals surface area contributed by atoms with Gasteiger partial charge in [0, 0.05) is 12.3 Å². The summed E-state index contributed by atoms with van der Waals surface area (Å²) in [6.45, 7) is 8.56. The molecule has 0 spiro atoms. The molecule has 5 aliphatic heterocycles. The van der Waals surface area contributed by atoms with Crippen LogP contribution in [0.3, 0.4) is 0 Å². The lowest BCUT2D eigenvalue weighted by molar-refractivity contribution is -0.371. The van der Waals surface area contributed by atoms with Crippen molar-refractivity contribution in [2.24, 2.45) is 46.3 Å². The monoisotopic (exact) mass is 1060 g/mol. The van der Waals surface area contributed by atoms with Crippen LogP contribution in [0.5, 0.6) is 0 Å². The van der Waals surface area contributed by atoms with Crippen LogP contribution in [-0.4, -0.2) is 239 Å². The first kappa shape index (κ1) is 57.5. The molecule has 23 nitrogen and oxygen atoms in total. The van der Waals surface area contributed by atoms with Crippen LogP contribution in [0.25, 0.3) is 0 Å². The van der Waals surface area contributed by atoms with Crippen LogP contribution in [0.2, 0.25) is 0 Å². The van der Waals surface area contributed by atoms with Gasteiger partial charge in [0.15, 0.2) is 30.9 Å². The highest BCUT2D eigenvalue weighted by atomic mass is 16.8. The first-order chi connectivity index (χ1) is 35.0. The van der Waals surface area contributed by atoms with Gasteiger partial charge in [-0.2, -0.15) is 0 Å². The Labute approximate surface area is 430 Å². The van der Waals surface area contributed by atoms with Gasteiger partial charge in [-0.1, -0.05) is 39.3 Å². The van der Waals surface area contributed by atoms with Gasteiger partial charge in [0.1, 0.15) is 91.6 Å². The Hall–Kier alpha value is -1.18. The molecule has 0 radical (unpaired) electrons. The minimum atomic E-state index is -1.78. The second-order valence-electron chi connectivity index (χ2n) is 23.9. The molecule has 0 amide bonds. The molecule has 3 saturated carbocycles. The van der Waals surface area contributed by atoms with Crippen LogP contribution in [0, 0.1) is 46.3 Å². The number of ether oxygens (including phenoxy) is 9. The van der Waals surface area contributed by atoms with Gasteiger partial charge in [-0.25, -0.2) is 0 Å². The molecule has 9 aliphatic rings. The Kier molecular flexibility index (Phi) is 17.4. The molecule has 0 aromatic carbocycles. The van der Waals surface area contributed by atoms with Crippen LogP contribution in [0.1, 0.15) is 92.4 Å². The second-order valence-corrected chi connectivity index (χ2v) is 23.9. The molecule has 426 valence electrons. The van der Waals surface area contributed by atoms with Gasteiger partial charge in [0.25, 0.3) is 0 Å². The van der Waals surface area contributed by atoms with Gasteiger partial charge in [-0.05, 0) is 98.7 Å². The van der Waals surface area contributed by atoms with Crippen LogP contribution in [0.4, 0.5) is 0 Å². The van der Waals surface area contributed by atoms with Crippen molar-refractivity contribution in [2.45, 2.75) is 233 Å². The highest BCUT2D eigenvalue weighted by molar-refractivity contribution is 5.26. The van der Waals surface area contributed by atoms with Crippen molar-refractivity contribution >= 4 is 0 Å². The van der Waals surface area contributed by atoms with Crippen LogP contribution in [0.15, 0.2) is 11.6 Å². The first-order valence-electron chi connectivity index (χ1n) is 26.9. The Morgan fingerprint density at radius 3 is 1.92 bits per heavy atom. The summed E-state index contributed by atoms with van der Waals surface area (Å²) in [6.07, 6.45) is -21.5. The van der Waals surface area contributed by atoms with E-state index >= 15 is 0 Å². The van der Waals surface area contributed by atoms with Gasteiger partial charge in [0.2, 0.25) is 0 Å². The molecule has 31 atom stereocenters. The molecule has 0 aromatic rings. The Bertz CT molecular complexity index is 1920. The number of allylic oxidation sites excluding steroid dienone is 1. The quantitative estimate of drug-likeness (QED) is 0.0727. The maximum Gasteiger partial charge on any atom is 0.187 e. The van der Waals surface area contributed by atoms with Crippen LogP contribution in [-0.2, 0) is 42.6 Å². The molecule has 0 bridgehead atoms. The third-order valence-electron chi connectivity index (χ3n) is 19.5. The first-order valence-corrected chi connectivity index (χ1v) is 26.9. The lowest BCUT2D eigenvalue weighted by Crippen LogP contribution is -2.64. The summed E-state index contributed by atoms with van der Waals surface area (Å²) in [7, 11) is 0. The lowest BCUT2D eigenvalue weighted by Gasteiger charge is -2.58. The summed E-state index contributed by atoms with van der Waals surface area (Å²) in [5.41, 5.74) is 1.11. The summed E-state index contributed by atoms with van der Waals surface area (Å²) in [5, 5.41) is 148. The molecular formula is C51H84O23. The van der Waals surface area contributed by atoms with Crippen molar-refractivity contribution < 1.29 is 114 Å². The zero-order valence-corrected chi connectivity index (χ0v) is 42.9. The van der Waals surface area contributed by atoms with Gasteiger partial charge in [-0.15, -0.1) is 0 Å². The number of hydrogen-bond donors (Lipinski definition) is 14. The third-order valence-corrected chi connectivity index (χ3v) is 19.5. The van der Waals surface area contributed by atoms with E-state index in [1.54, 1.807) is 0 Å².